The number of anilines is 1. The lowest BCUT2D eigenvalue weighted by Gasteiger charge is -2.25. The first-order valence-electron chi connectivity index (χ1n) is 10.1. The van der Waals surface area contributed by atoms with Crippen molar-refractivity contribution in [2.24, 2.45) is 0 Å². The van der Waals surface area contributed by atoms with Gasteiger partial charge in [0, 0.05) is 24.8 Å². The monoisotopic (exact) mass is 406 g/mol. The van der Waals surface area contributed by atoms with Gasteiger partial charge in [0.15, 0.2) is 0 Å². The topological polar surface area (TPSA) is 86.1 Å². The molecule has 0 saturated carbocycles. The molecule has 6 heteroatoms. The molecule has 0 amide bonds. The first-order valence-corrected chi connectivity index (χ1v) is 10.1. The number of pyridine rings is 1. The molecule has 4 rings (SSSR count). The van der Waals surface area contributed by atoms with Crippen molar-refractivity contribution in [1.29, 1.82) is 0 Å². The van der Waals surface area contributed by atoms with Crippen LogP contribution in [0.2, 0.25) is 0 Å². The van der Waals surface area contributed by atoms with Crippen molar-refractivity contribution in [3.63, 3.8) is 0 Å². The number of benzene rings is 2. The van der Waals surface area contributed by atoms with Crippen molar-refractivity contribution in [2.45, 2.75) is 37.5 Å². The van der Waals surface area contributed by atoms with Crippen molar-refractivity contribution >= 4 is 5.82 Å². The first-order chi connectivity index (χ1) is 14.7. The second-order valence-electron chi connectivity index (χ2n) is 7.54. The highest BCUT2D eigenvalue weighted by Crippen LogP contribution is 2.33. The van der Waals surface area contributed by atoms with Crippen LogP contribution in [-0.2, 0) is 17.8 Å². The largest absolute Gasteiger partial charge is 0.394 e. The average molecular weight is 406 g/mol. The van der Waals surface area contributed by atoms with Gasteiger partial charge in [0.25, 0.3) is 0 Å². The number of hydrogen-bond donors (Lipinski definition) is 3. The third-order valence-corrected chi connectivity index (χ3v) is 5.40. The molecule has 2 aromatic carbocycles. The third-order valence-electron chi connectivity index (χ3n) is 5.40. The van der Waals surface area contributed by atoms with Crippen LogP contribution < -0.4 is 4.90 Å². The molecule has 1 aliphatic rings. The van der Waals surface area contributed by atoms with E-state index in [1.54, 1.807) is 6.20 Å². The lowest BCUT2D eigenvalue weighted by molar-refractivity contribution is -0.0228. The van der Waals surface area contributed by atoms with Crippen molar-refractivity contribution < 1.29 is 20.1 Å². The fraction of sp³-hybridized carbons (Fsp3) is 0.292. The van der Waals surface area contributed by atoms with Crippen molar-refractivity contribution in [3.8, 4) is 0 Å². The van der Waals surface area contributed by atoms with Gasteiger partial charge in [0.2, 0.25) is 0 Å². The third kappa shape index (κ3) is 4.52. The number of aromatic nitrogens is 1. The van der Waals surface area contributed by atoms with Gasteiger partial charge in [0.05, 0.1) is 6.61 Å². The van der Waals surface area contributed by atoms with E-state index in [2.05, 4.69) is 34.1 Å². The number of aliphatic hydroxyl groups is 3. The molecule has 1 fully saturated rings. The van der Waals surface area contributed by atoms with Gasteiger partial charge in [-0.05, 0) is 17.2 Å². The molecule has 0 radical (unpaired) electrons. The van der Waals surface area contributed by atoms with Gasteiger partial charge >= 0.3 is 0 Å². The van der Waals surface area contributed by atoms with Crippen LogP contribution in [0.1, 0.15) is 22.8 Å². The zero-order chi connectivity index (χ0) is 20.9. The Kier molecular flexibility index (Phi) is 6.40. The van der Waals surface area contributed by atoms with E-state index in [0.717, 1.165) is 5.82 Å². The fourth-order valence-electron chi connectivity index (χ4n) is 3.75. The second kappa shape index (κ2) is 9.36. The minimum atomic E-state index is -1.12. The summed E-state index contributed by atoms with van der Waals surface area (Å²) in [5.74, 6) is 0.804. The van der Waals surface area contributed by atoms with Gasteiger partial charge in [-0.2, -0.15) is 0 Å². The molecule has 4 atom stereocenters. The van der Waals surface area contributed by atoms with Gasteiger partial charge in [-0.3, -0.25) is 0 Å². The highest BCUT2D eigenvalue weighted by Gasteiger charge is 2.43. The number of hydrogen-bond acceptors (Lipinski definition) is 6. The Hall–Kier alpha value is -2.77. The molecule has 0 aliphatic carbocycles. The molecule has 3 N–H and O–H groups in total. The van der Waals surface area contributed by atoms with E-state index >= 15 is 0 Å². The molecule has 156 valence electrons. The molecule has 6 nitrogen and oxygen atoms in total. The van der Waals surface area contributed by atoms with Crippen LogP contribution in [0.15, 0.2) is 79.0 Å². The zero-order valence-electron chi connectivity index (χ0n) is 16.6. The van der Waals surface area contributed by atoms with E-state index in [0.29, 0.717) is 18.7 Å². The molecular formula is C24H26N2O4. The lowest BCUT2D eigenvalue weighted by Crippen LogP contribution is -2.32. The highest BCUT2D eigenvalue weighted by atomic mass is 16.6. The summed E-state index contributed by atoms with van der Waals surface area (Å²) in [5.41, 5.74) is 3.03. The van der Waals surface area contributed by atoms with Gasteiger partial charge in [-0.25, -0.2) is 4.98 Å². The van der Waals surface area contributed by atoms with Gasteiger partial charge in [0.1, 0.15) is 30.2 Å². The maximum atomic E-state index is 10.3. The Labute approximate surface area is 176 Å². The van der Waals surface area contributed by atoms with Gasteiger partial charge in [-0.15, -0.1) is 0 Å². The summed E-state index contributed by atoms with van der Waals surface area (Å²) in [5, 5.41) is 29.6. The lowest BCUT2D eigenvalue weighted by atomic mass is 10.0. The molecule has 1 aromatic heterocycles. The first kappa shape index (κ1) is 20.5. The van der Waals surface area contributed by atoms with Crippen LogP contribution in [0.25, 0.3) is 0 Å². The molecule has 0 unspecified atom stereocenters. The van der Waals surface area contributed by atoms with E-state index in [1.807, 2.05) is 48.5 Å². The van der Waals surface area contributed by atoms with Crippen molar-refractivity contribution in [2.75, 3.05) is 11.5 Å². The number of nitrogens with zero attached hydrogens (tertiary/aromatic N) is 2. The van der Waals surface area contributed by atoms with Crippen LogP contribution >= 0.6 is 0 Å². The van der Waals surface area contributed by atoms with Crippen molar-refractivity contribution in [1.82, 2.24) is 4.98 Å². The average Bonchev–Trinajstić information content (AvgIpc) is 3.09. The summed E-state index contributed by atoms with van der Waals surface area (Å²) in [6, 6.07) is 24.2. The summed E-state index contributed by atoms with van der Waals surface area (Å²) < 4.78 is 5.61. The summed E-state index contributed by atoms with van der Waals surface area (Å²) in [6.45, 7) is 1.06. The highest BCUT2D eigenvalue weighted by molar-refractivity contribution is 5.42. The summed E-state index contributed by atoms with van der Waals surface area (Å²) in [4.78, 5) is 6.80. The molecule has 1 saturated heterocycles. The van der Waals surface area contributed by atoms with Crippen molar-refractivity contribution in [3.05, 3.63) is 95.7 Å². The van der Waals surface area contributed by atoms with Crippen LogP contribution in [-0.4, -0.2) is 45.2 Å². The molecular weight excluding hydrogens is 380 g/mol. The Morgan fingerprint density at radius 3 is 1.87 bits per heavy atom. The summed E-state index contributed by atoms with van der Waals surface area (Å²) in [7, 11) is 0. The maximum absolute atomic E-state index is 10.3. The minimum Gasteiger partial charge on any atom is -0.394 e. The number of ether oxygens (including phenoxy) is 1. The number of rotatable bonds is 7. The van der Waals surface area contributed by atoms with Crippen LogP contribution in [0.4, 0.5) is 5.82 Å². The van der Waals surface area contributed by atoms with Crippen LogP contribution in [0.5, 0.6) is 0 Å². The number of aliphatic hydroxyl groups excluding tert-OH is 3. The summed E-state index contributed by atoms with van der Waals surface area (Å²) >= 11 is 0. The maximum Gasteiger partial charge on any atom is 0.129 e. The molecule has 0 spiro atoms. The minimum absolute atomic E-state index is 0.345. The quantitative estimate of drug-likeness (QED) is 0.559. The SMILES string of the molecule is OC[C@H]1O[C@@H](c2ccc(N(Cc3ccccc3)Cc3ccccc3)nc2)[C@H](O)[C@@H]1O. The smallest absolute Gasteiger partial charge is 0.129 e. The standard InChI is InChI=1S/C24H26N2O4/c27-16-20-22(28)23(29)24(30-20)19-11-12-21(25-13-19)26(14-17-7-3-1-4-8-17)15-18-9-5-2-6-10-18/h1-13,20,22-24,27-29H,14-16H2/t20-,22-,23-,24+/m1/s1. The fourth-order valence-corrected chi connectivity index (χ4v) is 3.75. The van der Waals surface area contributed by atoms with Gasteiger partial charge in [-0.1, -0.05) is 66.7 Å². The predicted octanol–water partition coefficient (Wildman–Crippen LogP) is 2.44. The normalized spacial score (nSPS) is 23.4. The van der Waals surface area contributed by atoms with E-state index in [4.69, 9.17) is 4.74 Å². The Balaban J connectivity index is 1.56. The van der Waals surface area contributed by atoms with Crippen LogP contribution in [0.3, 0.4) is 0 Å². The Morgan fingerprint density at radius 2 is 1.40 bits per heavy atom. The Morgan fingerprint density at radius 1 is 0.800 bits per heavy atom. The zero-order valence-corrected chi connectivity index (χ0v) is 16.6. The molecule has 1 aliphatic heterocycles. The molecule has 3 aromatic rings. The van der Waals surface area contributed by atoms with E-state index in [-0.39, 0.29) is 6.61 Å². The molecule has 30 heavy (non-hydrogen) atoms. The van der Waals surface area contributed by atoms with E-state index in [1.165, 1.54) is 11.1 Å². The Bertz CT molecular complexity index is 879. The predicted molar refractivity (Wildman–Crippen MR) is 114 cm³/mol. The second-order valence-corrected chi connectivity index (χ2v) is 7.54. The molecule has 0 bridgehead atoms. The van der Waals surface area contributed by atoms with Gasteiger partial charge < -0.3 is 25.0 Å². The summed E-state index contributed by atoms with van der Waals surface area (Å²) in [6.07, 6.45) is -2.06. The molecule has 2 heterocycles. The van der Waals surface area contributed by atoms with E-state index in [9.17, 15) is 15.3 Å². The van der Waals surface area contributed by atoms with Crippen LogP contribution in [0, 0.1) is 0 Å². The van der Waals surface area contributed by atoms with E-state index < -0.39 is 24.4 Å².